The summed E-state index contributed by atoms with van der Waals surface area (Å²) in [5.41, 5.74) is 7.32. The Morgan fingerprint density at radius 3 is 2.43 bits per heavy atom. The van der Waals surface area contributed by atoms with Crippen molar-refractivity contribution < 1.29 is 14.4 Å². The van der Waals surface area contributed by atoms with Gasteiger partial charge in [0.15, 0.2) is 0 Å². The minimum atomic E-state index is -0.185. The van der Waals surface area contributed by atoms with Crippen LogP contribution in [0, 0.1) is 0 Å². The molecule has 2 amide bonds. The number of likely N-dealkylation sites (tertiary alicyclic amines) is 1. The predicted molar refractivity (Wildman–Crippen MR) is 124 cm³/mol. The van der Waals surface area contributed by atoms with Gasteiger partial charge < -0.3 is 20.8 Å². The fourth-order valence-corrected chi connectivity index (χ4v) is 3.01. The van der Waals surface area contributed by atoms with Crippen LogP contribution in [0.25, 0.3) is 10.9 Å². The molecule has 3 rings (SSSR count). The molecule has 1 saturated heterocycles. The number of hydrogen-bond acceptors (Lipinski definition) is 4. The quantitative estimate of drug-likeness (QED) is 0.636. The molecule has 4 N–H and O–H groups in total. The van der Waals surface area contributed by atoms with Crippen LogP contribution in [-0.4, -0.2) is 54.7 Å². The third kappa shape index (κ3) is 9.89. The van der Waals surface area contributed by atoms with Gasteiger partial charge in [0.25, 0.3) is 0 Å². The molecule has 1 aromatic carbocycles. The van der Waals surface area contributed by atoms with Crippen LogP contribution in [0.5, 0.6) is 0 Å². The number of likely N-dealkylation sites (N-methyl/N-ethyl adjacent to an activating group) is 1. The van der Waals surface area contributed by atoms with Crippen molar-refractivity contribution in [2.24, 2.45) is 5.73 Å². The zero-order valence-electron chi connectivity index (χ0n) is 18.6. The molecular weight excluding hydrogens is 404 g/mol. The third-order valence-corrected chi connectivity index (χ3v) is 4.70. The Hall–Kier alpha value is -2.38. The van der Waals surface area contributed by atoms with E-state index in [1.54, 1.807) is 7.05 Å². The first-order valence-corrected chi connectivity index (χ1v) is 10.5. The summed E-state index contributed by atoms with van der Waals surface area (Å²) in [5, 5.41) is 4.23. The number of fused-ring (bicyclic) bond motifs is 1. The summed E-state index contributed by atoms with van der Waals surface area (Å²) in [6.45, 7) is 6.48. The Morgan fingerprint density at radius 2 is 2.00 bits per heavy atom. The van der Waals surface area contributed by atoms with E-state index in [4.69, 9.17) is 17.3 Å². The summed E-state index contributed by atoms with van der Waals surface area (Å²) in [6, 6.07) is 5.73. The van der Waals surface area contributed by atoms with Crippen molar-refractivity contribution in [2.75, 3.05) is 20.6 Å². The number of H-pyrrole nitrogens is 1. The van der Waals surface area contributed by atoms with E-state index < -0.39 is 0 Å². The maximum Gasteiger partial charge on any atom is 0.234 e. The van der Waals surface area contributed by atoms with Gasteiger partial charge in [-0.25, -0.2) is 0 Å². The van der Waals surface area contributed by atoms with Gasteiger partial charge in [0.1, 0.15) is 6.29 Å². The van der Waals surface area contributed by atoms with E-state index in [0.29, 0.717) is 6.42 Å². The SMILES string of the molecule is CC.CN1CCC[C@H]1C(N)=O.CNC(C)=O.O=CCCc1c[nH]c2ccc(Cl)cc12. The lowest BCUT2D eigenvalue weighted by Gasteiger charge is -2.14. The van der Waals surface area contributed by atoms with E-state index in [0.717, 1.165) is 53.6 Å². The highest BCUT2D eigenvalue weighted by Gasteiger charge is 2.24. The zero-order chi connectivity index (χ0) is 23.1. The molecule has 8 heteroatoms. The largest absolute Gasteiger partial charge is 0.368 e. The molecule has 0 saturated carbocycles. The number of aryl methyl sites for hydroxylation is 1. The van der Waals surface area contributed by atoms with Crippen molar-refractivity contribution in [1.29, 1.82) is 0 Å². The molecule has 1 aliphatic rings. The molecule has 0 bridgehead atoms. The number of halogens is 1. The van der Waals surface area contributed by atoms with Gasteiger partial charge in [-0.05, 0) is 56.6 Å². The van der Waals surface area contributed by atoms with Crippen LogP contribution in [0.15, 0.2) is 24.4 Å². The number of aldehydes is 1. The highest BCUT2D eigenvalue weighted by Crippen LogP contribution is 2.23. The van der Waals surface area contributed by atoms with Gasteiger partial charge in [-0.3, -0.25) is 14.5 Å². The fraction of sp³-hybridized carbons (Fsp3) is 0.500. The minimum absolute atomic E-state index is 0.00463. The Bertz CT molecular complexity index is 792. The van der Waals surface area contributed by atoms with Crippen molar-refractivity contribution in [1.82, 2.24) is 15.2 Å². The molecule has 2 aromatic rings. The van der Waals surface area contributed by atoms with Crippen LogP contribution in [0.2, 0.25) is 5.02 Å². The Labute approximate surface area is 184 Å². The number of primary amides is 1. The molecule has 1 aromatic heterocycles. The van der Waals surface area contributed by atoms with Crippen molar-refractivity contribution >= 4 is 40.6 Å². The molecule has 7 nitrogen and oxygen atoms in total. The number of aromatic nitrogens is 1. The van der Waals surface area contributed by atoms with Crippen molar-refractivity contribution in [2.45, 2.75) is 52.5 Å². The van der Waals surface area contributed by atoms with Crippen LogP contribution in [-0.2, 0) is 20.8 Å². The average molecular weight is 439 g/mol. The number of aromatic amines is 1. The summed E-state index contributed by atoms with van der Waals surface area (Å²) in [7, 11) is 3.53. The van der Waals surface area contributed by atoms with E-state index in [9.17, 15) is 14.4 Å². The maximum absolute atomic E-state index is 10.6. The molecule has 0 radical (unpaired) electrons. The molecule has 1 fully saturated rings. The van der Waals surface area contributed by atoms with Crippen molar-refractivity contribution in [3.8, 4) is 0 Å². The Kier molecular flexibility index (Phi) is 14.2. The van der Waals surface area contributed by atoms with E-state index in [1.807, 2.05) is 50.2 Å². The Balaban J connectivity index is 0.000000453. The van der Waals surface area contributed by atoms with Crippen LogP contribution < -0.4 is 11.1 Å². The van der Waals surface area contributed by atoms with Crippen LogP contribution in [0.4, 0.5) is 0 Å². The number of amides is 2. The lowest BCUT2D eigenvalue weighted by Crippen LogP contribution is -2.37. The molecule has 0 spiro atoms. The fourth-order valence-electron chi connectivity index (χ4n) is 2.84. The number of nitrogens with two attached hydrogens (primary N) is 1. The summed E-state index contributed by atoms with van der Waals surface area (Å²) in [6.07, 6.45) is 6.23. The van der Waals surface area contributed by atoms with E-state index >= 15 is 0 Å². The van der Waals surface area contributed by atoms with Crippen molar-refractivity contribution in [3.05, 3.63) is 35.0 Å². The second-order valence-corrected chi connectivity index (χ2v) is 6.99. The molecule has 0 unspecified atom stereocenters. The van der Waals surface area contributed by atoms with Crippen LogP contribution >= 0.6 is 11.6 Å². The first-order valence-electron chi connectivity index (χ1n) is 10.2. The number of carbonyl (C=O) groups is 3. The van der Waals surface area contributed by atoms with Crippen molar-refractivity contribution in [3.63, 3.8) is 0 Å². The van der Waals surface area contributed by atoms with Gasteiger partial charge in [-0.2, -0.15) is 0 Å². The van der Waals surface area contributed by atoms with E-state index in [2.05, 4.69) is 10.3 Å². The number of nitrogens with one attached hydrogen (secondary N) is 2. The van der Waals surface area contributed by atoms with Gasteiger partial charge >= 0.3 is 0 Å². The predicted octanol–water partition coefficient (Wildman–Crippen LogP) is 3.30. The molecule has 168 valence electrons. The van der Waals surface area contributed by atoms with Gasteiger partial charge in [-0.1, -0.05) is 25.4 Å². The van der Waals surface area contributed by atoms with E-state index in [1.165, 1.54) is 6.92 Å². The van der Waals surface area contributed by atoms with Gasteiger partial charge in [0.2, 0.25) is 11.8 Å². The lowest BCUT2D eigenvalue weighted by atomic mass is 10.1. The normalized spacial score (nSPS) is 14.9. The molecule has 1 atom stereocenters. The lowest BCUT2D eigenvalue weighted by molar-refractivity contribution is -0.122. The first kappa shape index (κ1) is 27.6. The minimum Gasteiger partial charge on any atom is -0.368 e. The number of carbonyl (C=O) groups excluding carboxylic acids is 3. The second kappa shape index (κ2) is 15.5. The van der Waals surface area contributed by atoms with Gasteiger partial charge in [0, 0.05) is 42.5 Å². The maximum atomic E-state index is 10.6. The summed E-state index contributed by atoms with van der Waals surface area (Å²) in [5.74, 6) is -0.181. The zero-order valence-corrected chi connectivity index (χ0v) is 19.4. The number of benzene rings is 1. The first-order chi connectivity index (χ1) is 14.3. The third-order valence-electron chi connectivity index (χ3n) is 4.46. The average Bonchev–Trinajstić information content (AvgIpc) is 3.34. The topological polar surface area (TPSA) is 108 Å². The smallest absolute Gasteiger partial charge is 0.234 e. The molecule has 1 aliphatic heterocycles. The molecule has 30 heavy (non-hydrogen) atoms. The van der Waals surface area contributed by atoms with Crippen LogP contribution in [0.3, 0.4) is 0 Å². The summed E-state index contributed by atoms with van der Waals surface area (Å²) in [4.78, 5) is 35.7. The summed E-state index contributed by atoms with van der Waals surface area (Å²) < 4.78 is 0. The Morgan fingerprint density at radius 1 is 1.37 bits per heavy atom. The molecular formula is C22H35ClN4O3. The monoisotopic (exact) mass is 438 g/mol. The molecule has 0 aliphatic carbocycles. The number of hydrogen-bond donors (Lipinski definition) is 3. The molecule has 2 heterocycles. The van der Waals surface area contributed by atoms with Gasteiger partial charge in [0.05, 0.1) is 6.04 Å². The highest BCUT2D eigenvalue weighted by molar-refractivity contribution is 6.31. The van der Waals surface area contributed by atoms with E-state index in [-0.39, 0.29) is 17.9 Å². The standard InChI is InChI=1S/C11H10ClNO.C6H12N2O.C3H7NO.C2H6/c12-9-3-4-11-10(6-9)8(7-13-11)2-1-5-14;1-8-4-2-3-5(8)6(7)9;1-3(5)4-2;1-2/h3-7,13H,1-2H2;5H,2-4H2,1H3,(H2,7,9);1-2H3,(H,4,5);1-2H3/t;5-;;/m.0../s1. The second-order valence-electron chi connectivity index (χ2n) is 6.56. The summed E-state index contributed by atoms with van der Waals surface area (Å²) >= 11 is 5.90. The van der Waals surface area contributed by atoms with Gasteiger partial charge in [-0.15, -0.1) is 0 Å². The number of rotatable bonds is 4. The highest BCUT2D eigenvalue weighted by atomic mass is 35.5. The van der Waals surface area contributed by atoms with Crippen LogP contribution in [0.1, 0.15) is 45.6 Å². The number of nitrogens with zero attached hydrogens (tertiary/aromatic N) is 1.